The lowest BCUT2D eigenvalue weighted by Gasteiger charge is -2.36. The molecule has 4 atom stereocenters. The van der Waals surface area contributed by atoms with Gasteiger partial charge in [0.15, 0.2) is 11.5 Å². The lowest BCUT2D eigenvalue weighted by Crippen LogP contribution is -2.49. The zero-order chi connectivity index (χ0) is 27.2. The molecule has 4 rings (SSSR count). The van der Waals surface area contributed by atoms with E-state index in [0.717, 1.165) is 30.4 Å². The Bertz CT molecular complexity index is 1100. The highest BCUT2D eigenvalue weighted by Gasteiger charge is 2.51. The van der Waals surface area contributed by atoms with Crippen molar-refractivity contribution < 1.29 is 28.9 Å². The third-order valence-electron chi connectivity index (χ3n) is 7.65. The molecule has 206 valence electrons. The van der Waals surface area contributed by atoms with E-state index in [-0.39, 0.29) is 18.6 Å². The number of hydrogen-bond donors (Lipinski definition) is 1. The Hall–Kier alpha value is -3.26. The first-order chi connectivity index (χ1) is 18.4. The standard InChI is InChI=1S/C30H40N2O6/c1-5-8-24(29(33)31(15-6-2)16-7-3)32-18-23(21-11-14-25-26(17-21)38-19-37-25)27(30(34)35)28(32)20-9-12-22(36-4)13-10-20/h9-14,17,23-24,27-28H,5-8,15-16,18-19H2,1-4H3,(H,34,35)/t23-,24-,27+,28-/m1/s1. The lowest BCUT2D eigenvalue weighted by molar-refractivity contribution is -0.145. The molecule has 1 amide bonds. The number of benzene rings is 2. The van der Waals surface area contributed by atoms with E-state index < -0.39 is 24.0 Å². The van der Waals surface area contributed by atoms with Crippen LogP contribution in [0.5, 0.6) is 17.2 Å². The van der Waals surface area contributed by atoms with Crippen molar-refractivity contribution in [1.82, 2.24) is 9.80 Å². The molecule has 0 aliphatic carbocycles. The predicted octanol–water partition coefficient (Wildman–Crippen LogP) is 5.08. The van der Waals surface area contributed by atoms with E-state index >= 15 is 0 Å². The molecule has 1 N–H and O–H groups in total. The Morgan fingerprint density at radius 1 is 1.00 bits per heavy atom. The maximum Gasteiger partial charge on any atom is 0.309 e. The number of nitrogens with zero attached hydrogens (tertiary/aromatic N) is 2. The summed E-state index contributed by atoms with van der Waals surface area (Å²) in [6.45, 7) is 8.24. The number of fused-ring (bicyclic) bond motifs is 1. The minimum Gasteiger partial charge on any atom is -0.497 e. The first kappa shape index (κ1) is 27.8. The van der Waals surface area contributed by atoms with Gasteiger partial charge in [0.05, 0.1) is 19.1 Å². The highest BCUT2D eigenvalue weighted by atomic mass is 16.7. The van der Waals surface area contributed by atoms with Gasteiger partial charge < -0.3 is 24.2 Å². The van der Waals surface area contributed by atoms with Gasteiger partial charge in [-0.1, -0.05) is 45.4 Å². The van der Waals surface area contributed by atoms with Crippen LogP contribution in [0, 0.1) is 5.92 Å². The molecule has 0 bridgehead atoms. The van der Waals surface area contributed by atoms with Crippen LogP contribution in [0.25, 0.3) is 0 Å². The van der Waals surface area contributed by atoms with Gasteiger partial charge >= 0.3 is 5.97 Å². The zero-order valence-electron chi connectivity index (χ0n) is 22.9. The summed E-state index contributed by atoms with van der Waals surface area (Å²) in [6, 6.07) is 12.4. The van der Waals surface area contributed by atoms with E-state index in [1.807, 2.05) is 47.4 Å². The maximum absolute atomic E-state index is 14.0. The molecule has 2 heterocycles. The molecular weight excluding hydrogens is 484 g/mol. The number of methoxy groups -OCH3 is 1. The zero-order valence-corrected chi connectivity index (χ0v) is 22.9. The molecule has 2 aliphatic rings. The van der Waals surface area contributed by atoms with E-state index in [1.54, 1.807) is 7.11 Å². The number of aliphatic carboxylic acids is 1. The number of amides is 1. The summed E-state index contributed by atoms with van der Waals surface area (Å²) >= 11 is 0. The second kappa shape index (κ2) is 12.5. The summed E-state index contributed by atoms with van der Waals surface area (Å²) in [4.78, 5) is 31.1. The number of carbonyl (C=O) groups is 2. The number of carboxylic acids is 1. The average Bonchev–Trinajstić information content (AvgIpc) is 3.56. The van der Waals surface area contributed by atoms with Crippen molar-refractivity contribution in [3.8, 4) is 17.2 Å². The second-order valence-electron chi connectivity index (χ2n) is 10.1. The lowest BCUT2D eigenvalue weighted by atomic mass is 9.82. The van der Waals surface area contributed by atoms with Crippen molar-refractivity contribution in [2.45, 2.75) is 64.5 Å². The molecular formula is C30H40N2O6. The van der Waals surface area contributed by atoms with Gasteiger partial charge in [0, 0.05) is 31.6 Å². The van der Waals surface area contributed by atoms with Crippen LogP contribution in [0.2, 0.25) is 0 Å². The Labute approximate surface area is 225 Å². The number of carboxylic acid groups (broad SMARTS) is 1. The van der Waals surface area contributed by atoms with Crippen LogP contribution >= 0.6 is 0 Å². The van der Waals surface area contributed by atoms with Crippen LogP contribution < -0.4 is 14.2 Å². The molecule has 8 nitrogen and oxygen atoms in total. The normalized spacial score (nSPS) is 21.3. The molecule has 0 spiro atoms. The molecule has 2 aliphatic heterocycles. The van der Waals surface area contributed by atoms with Gasteiger partial charge in [-0.3, -0.25) is 14.5 Å². The predicted molar refractivity (Wildman–Crippen MR) is 145 cm³/mol. The third kappa shape index (κ3) is 5.60. The van der Waals surface area contributed by atoms with Crippen LogP contribution in [0.3, 0.4) is 0 Å². The smallest absolute Gasteiger partial charge is 0.309 e. The quantitative estimate of drug-likeness (QED) is 0.414. The van der Waals surface area contributed by atoms with Gasteiger partial charge in [0.1, 0.15) is 5.75 Å². The van der Waals surface area contributed by atoms with Crippen LogP contribution in [0.4, 0.5) is 0 Å². The fourth-order valence-electron chi connectivity index (χ4n) is 5.95. The Morgan fingerprint density at radius 3 is 2.26 bits per heavy atom. The van der Waals surface area contributed by atoms with E-state index in [2.05, 4.69) is 25.7 Å². The largest absolute Gasteiger partial charge is 0.497 e. The van der Waals surface area contributed by atoms with Gasteiger partial charge in [0.25, 0.3) is 0 Å². The molecule has 2 aromatic rings. The molecule has 0 unspecified atom stereocenters. The topological polar surface area (TPSA) is 88.5 Å². The summed E-state index contributed by atoms with van der Waals surface area (Å²) in [5.41, 5.74) is 1.75. The molecule has 38 heavy (non-hydrogen) atoms. The number of rotatable bonds is 12. The van der Waals surface area contributed by atoms with E-state index in [1.165, 1.54) is 0 Å². The Morgan fingerprint density at radius 2 is 1.66 bits per heavy atom. The van der Waals surface area contributed by atoms with Gasteiger partial charge in [0.2, 0.25) is 12.7 Å². The van der Waals surface area contributed by atoms with E-state index in [9.17, 15) is 14.7 Å². The molecule has 1 fully saturated rings. The maximum atomic E-state index is 14.0. The summed E-state index contributed by atoms with van der Waals surface area (Å²) in [6.07, 6.45) is 3.24. The third-order valence-corrected chi connectivity index (χ3v) is 7.65. The monoisotopic (exact) mass is 524 g/mol. The minimum atomic E-state index is -0.877. The van der Waals surface area contributed by atoms with Crippen molar-refractivity contribution in [3.63, 3.8) is 0 Å². The minimum absolute atomic E-state index is 0.0875. The molecule has 2 aromatic carbocycles. The van der Waals surface area contributed by atoms with Crippen molar-refractivity contribution in [2.24, 2.45) is 5.92 Å². The van der Waals surface area contributed by atoms with Crippen molar-refractivity contribution in [3.05, 3.63) is 53.6 Å². The molecule has 0 radical (unpaired) electrons. The summed E-state index contributed by atoms with van der Waals surface area (Å²) in [5, 5.41) is 10.6. The Kier molecular flexibility index (Phi) is 9.15. The molecule has 0 saturated carbocycles. The number of ether oxygens (including phenoxy) is 3. The van der Waals surface area contributed by atoms with Crippen LogP contribution in [0.15, 0.2) is 42.5 Å². The van der Waals surface area contributed by atoms with E-state index in [0.29, 0.717) is 43.3 Å². The highest BCUT2D eigenvalue weighted by Crippen LogP contribution is 2.49. The first-order valence-corrected chi connectivity index (χ1v) is 13.7. The molecule has 8 heteroatoms. The first-order valence-electron chi connectivity index (χ1n) is 13.7. The average molecular weight is 525 g/mol. The van der Waals surface area contributed by atoms with Crippen LogP contribution in [-0.2, 0) is 9.59 Å². The fourth-order valence-corrected chi connectivity index (χ4v) is 5.95. The summed E-state index contributed by atoms with van der Waals surface area (Å²) < 4.78 is 16.5. The fraction of sp³-hybridized carbons (Fsp3) is 0.533. The molecule has 0 aromatic heterocycles. The van der Waals surface area contributed by atoms with Crippen molar-refractivity contribution >= 4 is 11.9 Å². The summed E-state index contributed by atoms with van der Waals surface area (Å²) in [7, 11) is 1.61. The van der Waals surface area contributed by atoms with Gasteiger partial charge in [-0.15, -0.1) is 0 Å². The van der Waals surface area contributed by atoms with Gasteiger partial charge in [-0.05, 0) is 54.7 Å². The van der Waals surface area contributed by atoms with Crippen LogP contribution in [-0.4, -0.2) is 66.4 Å². The number of carbonyl (C=O) groups excluding carboxylic acids is 1. The summed E-state index contributed by atoms with van der Waals surface area (Å²) in [5.74, 6) is 0.132. The Balaban J connectivity index is 1.80. The van der Waals surface area contributed by atoms with Gasteiger partial charge in [-0.25, -0.2) is 0 Å². The van der Waals surface area contributed by atoms with Gasteiger partial charge in [-0.2, -0.15) is 0 Å². The molecule has 1 saturated heterocycles. The SMILES string of the molecule is CCC[C@H](C(=O)N(CCC)CCC)N1C[C@H](c2ccc3c(c2)OCO3)[C@H](C(=O)O)[C@H]1c1ccc(OC)cc1. The second-order valence-corrected chi connectivity index (χ2v) is 10.1. The van der Waals surface area contributed by atoms with Crippen LogP contribution in [0.1, 0.15) is 69.5 Å². The number of hydrogen-bond acceptors (Lipinski definition) is 6. The van der Waals surface area contributed by atoms with Crippen molar-refractivity contribution in [2.75, 3.05) is 33.5 Å². The van der Waals surface area contributed by atoms with E-state index in [4.69, 9.17) is 14.2 Å². The van der Waals surface area contributed by atoms with Crippen molar-refractivity contribution in [1.29, 1.82) is 0 Å². The number of likely N-dealkylation sites (tertiary alicyclic amines) is 1. The highest BCUT2D eigenvalue weighted by molar-refractivity contribution is 5.82.